The number of rotatable bonds is 6. The molecule has 1 amide bonds. The molecule has 31 heavy (non-hydrogen) atoms. The summed E-state index contributed by atoms with van der Waals surface area (Å²) in [5.74, 6) is -0.425. The smallest absolute Gasteiger partial charge is 0.414 e. The molecule has 0 N–H and O–H groups in total. The van der Waals surface area contributed by atoms with Gasteiger partial charge in [0.15, 0.2) is 0 Å². The highest BCUT2D eigenvalue weighted by atomic mass is 32.1. The second kappa shape index (κ2) is 8.96. The largest absolute Gasteiger partial charge is 0.442 e. The van der Waals surface area contributed by atoms with Crippen LogP contribution in [-0.4, -0.2) is 61.6 Å². The summed E-state index contributed by atoms with van der Waals surface area (Å²) in [5.41, 5.74) is 0.875. The number of aliphatic imine (C=N–C) groups is 1. The molecule has 2 aliphatic heterocycles. The van der Waals surface area contributed by atoms with Crippen molar-refractivity contribution in [2.45, 2.75) is 6.10 Å². The number of hydrogen-bond donors (Lipinski definition) is 0. The van der Waals surface area contributed by atoms with Crippen LogP contribution in [-0.2, 0) is 4.74 Å². The van der Waals surface area contributed by atoms with Crippen molar-refractivity contribution < 1.29 is 18.8 Å². The Bertz CT molecular complexity index is 1050. The van der Waals surface area contributed by atoms with E-state index in [4.69, 9.17) is 4.74 Å². The van der Waals surface area contributed by atoms with Gasteiger partial charge in [-0.05, 0) is 47.8 Å². The zero-order chi connectivity index (χ0) is 22.0. The number of anilines is 3. The quantitative estimate of drug-likeness (QED) is 0.280. The van der Waals surface area contributed by atoms with Crippen LogP contribution in [0.15, 0.2) is 35.3 Å². The molecule has 0 spiro atoms. The molecule has 2 aromatic rings. The van der Waals surface area contributed by atoms with Crippen molar-refractivity contribution in [1.82, 2.24) is 0 Å². The number of isothiocyanates is 1. The standard InChI is InChI=1S/C19H18FN5O4S2/c20-15-9-13(24-11-14(10-21-12-30)29-19(24)26)1-2-16(15)22-5-7-23(8-6-22)17-3-4-18(31-17)25(27)28/h1-4,9,14H,5-8,10-11H2. The second-order valence-electron chi connectivity index (χ2n) is 7.03. The van der Waals surface area contributed by atoms with Gasteiger partial charge in [0.05, 0.1) is 39.5 Å². The van der Waals surface area contributed by atoms with Crippen molar-refractivity contribution in [3.63, 3.8) is 0 Å². The Hall–Kier alpha value is -3.08. The number of benzene rings is 1. The lowest BCUT2D eigenvalue weighted by Crippen LogP contribution is -2.46. The number of cyclic esters (lactones) is 1. The maximum atomic E-state index is 14.9. The number of nitrogens with zero attached hydrogens (tertiary/aromatic N) is 5. The van der Waals surface area contributed by atoms with Crippen LogP contribution in [0.25, 0.3) is 0 Å². The summed E-state index contributed by atoms with van der Waals surface area (Å²) in [6.45, 7) is 2.89. The van der Waals surface area contributed by atoms with Gasteiger partial charge < -0.3 is 14.5 Å². The zero-order valence-electron chi connectivity index (χ0n) is 16.3. The molecule has 1 aromatic carbocycles. The summed E-state index contributed by atoms with van der Waals surface area (Å²) in [6, 6.07) is 7.93. The number of nitro groups is 1. The van der Waals surface area contributed by atoms with Crippen molar-refractivity contribution in [3.05, 3.63) is 46.3 Å². The molecular formula is C19H18FN5O4S2. The van der Waals surface area contributed by atoms with Crippen molar-refractivity contribution in [2.24, 2.45) is 4.99 Å². The molecule has 4 rings (SSSR count). The van der Waals surface area contributed by atoms with Crippen molar-refractivity contribution >= 4 is 56.2 Å². The topological polar surface area (TPSA) is 91.5 Å². The summed E-state index contributed by atoms with van der Waals surface area (Å²) in [7, 11) is 0. The van der Waals surface area contributed by atoms with Crippen LogP contribution in [0.4, 0.5) is 30.6 Å². The summed E-state index contributed by atoms with van der Waals surface area (Å²) >= 11 is 5.66. The van der Waals surface area contributed by atoms with E-state index >= 15 is 0 Å². The Morgan fingerprint density at radius 2 is 2.00 bits per heavy atom. The number of amides is 1. The first-order chi connectivity index (χ1) is 15.0. The lowest BCUT2D eigenvalue weighted by molar-refractivity contribution is -0.380. The van der Waals surface area contributed by atoms with Crippen molar-refractivity contribution in [3.8, 4) is 0 Å². The van der Waals surface area contributed by atoms with Crippen LogP contribution in [0.5, 0.6) is 0 Å². The number of piperazine rings is 1. The van der Waals surface area contributed by atoms with E-state index in [0.29, 0.717) is 37.6 Å². The van der Waals surface area contributed by atoms with E-state index in [-0.39, 0.29) is 18.1 Å². The van der Waals surface area contributed by atoms with E-state index in [0.717, 1.165) is 16.3 Å². The Labute approximate surface area is 186 Å². The number of thiophene rings is 1. The van der Waals surface area contributed by atoms with Crippen molar-refractivity contribution in [2.75, 3.05) is 54.0 Å². The Morgan fingerprint density at radius 3 is 2.65 bits per heavy atom. The monoisotopic (exact) mass is 463 g/mol. The predicted octanol–water partition coefficient (Wildman–Crippen LogP) is 3.55. The number of carbonyl (C=O) groups excluding carboxylic acids is 1. The Balaban J connectivity index is 1.40. The van der Waals surface area contributed by atoms with Gasteiger partial charge in [-0.2, -0.15) is 0 Å². The first-order valence-corrected chi connectivity index (χ1v) is 10.7. The van der Waals surface area contributed by atoms with Gasteiger partial charge in [-0.25, -0.2) is 14.2 Å². The van der Waals surface area contributed by atoms with E-state index < -0.39 is 22.9 Å². The van der Waals surface area contributed by atoms with E-state index in [9.17, 15) is 19.3 Å². The third-order valence-electron chi connectivity index (χ3n) is 5.17. The highest BCUT2D eigenvalue weighted by Gasteiger charge is 2.33. The van der Waals surface area contributed by atoms with Gasteiger partial charge in [0.2, 0.25) is 0 Å². The fraction of sp³-hybridized carbons (Fsp3) is 0.368. The molecule has 2 fully saturated rings. The van der Waals surface area contributed by atoms with Gasteiger partial charge in [-0.3, -0.25) is 15.0 Å². The lowest BCUT2D eigenvalue weighted by Gasteiger charge is -2.36. The predicted molar refractivity (Wildman–Crippen MR) is 119 cm³/mol. The van der Waals surface area contributed by atoms with Crippen LogP contribution in [0.3, 0.4) is 0 Å². The Kier molecular flexibility index (Phi) is 6.12. The van der Waals surface area contributed by atoms with E-state index in [2.05, 4.69) is 27.3 Å². The molecule has 3 heterocycles. The van der Waals surface area contributed by atoms with Gasteiger partial charge in [0, 0.05) is 32.2 Å². The van der Waals surface area contributed by atoms with Gasteiger partial charge in [-0.15, -0.1) is 0 Å². The number of ether oxygens (including phenoxy) is 1. The maximum Gasteiger partial charge on any atom is 0.414 e. The van der Waals surface area contributed by atoms with Crippen LogP contribution >= 0.6 is 23.6 Å². The van der Waals surface area contributed by atoms with E-state index in [1.165, 1.54) is 17.0 Å². The third-order valence-corrected chi connectivity index (χ3v) is 6.39. The van der Waals surface area contributed by atoms with Crippen LogP contribution in [0.2, 0.25) is 0 Å². The molecule has 2 aliphatic rings. The average molecular weight is 464 g/mol. The third kappa shape index (κ3) is 4.50. The highest BCUT2D eigenvalue weighted by molar-refractivity contribution is 7.78. The second-order valence-corrected chi connectivity index (χ2v) is 8.25. The van der Waals surface area contributed by atoms with Crippen LogP contribution in [0.1, 0.15) is 0 Å². The summed E-state index contributed by atoms with van der Waals surface area (Å²) in [5, 5.41) is 14.1. The van der Waals surface area contributed by atoms with Gasteiger partial charge >= 0.3 is 11.1 Å². The minimum atomic E-state index is -0.546. The molecule has 12 heteroatoms. The molecule has 0 aliphatic carbocycles. The maximum absolute atomic E-state index is 14.9. The molecule has 162 valence electrons. The summed E-state index contributed by atoms with van der Waals surface area (Å²) < 4.78 is 20.1. The van der Waals surface area contributed by atoms with Gasteiger partial charge in [0.1, 0.15) is 11.9 Å². The van der Waals surface area contributed by atoms with Crippen LogP contribution < -0.4 is 14.7 Å². The van der Waals surface area contributed by atoms with Gasteiger partial charge in [0.25, 0.3) is 0 Å². The zero-order valence-corrected chi connectivity index (χ0v) is 17.9. The molecular weight excluding hydrogens is 445 g/mol. The summed E-state index contributed by atoms with van der Waals surface area (Å²) in [4.78, 5) is 31.7. The van der Waals surface area contributed by atoms with E-state index in [1.54, 1.807) is 18.2 Å². The molecule has 1 unspecified atom stereocenters. The summed E-state index contributed by atoms with van der Waals surface area (Å²) in [6.07, 6.45) is -0.984. The first kappa shape index (κ1) is 21.2. The lowest BCUT2D eigenvalue weighted by atomic mass is 10.2. The fourth-order valence-electron chi connectivity index (χ4n) is 3.64. The fourth-order valence-corrected chi connectivity index (χ4v) is 4.59. The molecule has 1 atom stereocenters. The molecule has 0 saturated carbocycles. The van der Waals surface area contributed by atoms with Gasteiger partial charge in [-0.1, -0.05) is 0 Å². The number of carbonyl (C=O) groups is 1. The van der Waals surface area contributed by atoms with Crippen LogP contribution in [0, 0.1) is 15.9 Å². The molecule has 0 radical (unpaired) electrons. The first-order valence-electron chi connectivity index (χ1n) is 9.51. The molecule has 2 saturated heterocycles. The normalized spacial score (nSPS) is 18.7. The molecule has 9 nitrogen and oxygen atoms in total. The Morgan fingerprint density at radius 1 is 1.26 bits per heavy atom. The number of hydrogen-bond acceptors (Lipinski definition) is 9. The van der Waals surface area contributed by atoms with E-state index in [1.807, 2.05) is 4.90 Å². The SMILES string of the molecule is O=C1OC(CN=C=S)CN1c1ccc(N2CCN(c3ccc([N+](=O)[O-])s3)CC2)c(F)c1. The minimum absolute atomic E-state index is 0.107. The molecule has 1 aromatic heterocycles. The number of halogens is 1. The average Bonchev–Trinajstić information content (AvgIpc) is 3.39. The number of thiocarbonyl (C=S) groups is 1. The van der Waals surface area contributed by atoms with Crippen molar-refractivity contribution in [1.29, 1.82) is 0 Å². The minimum Gasteiger partial charge on any atom is -0.442 e. The molecule has 0 bridgehead atoms. The highest BCUT2D eigenvalue weighted by Crippen LogP contribution is 2.33.